The predicted octanol–water partition coefficient (Wildman–Crippen LogP) is 3.60. The average Bonchev–Trinajstić information content (AvgIpc) is 2.37. The number of nitrogen functional groups attached to an aromatic ring is 1. The molecule has 1 heterocycles. The van der Waals surface area contributed by atoms with Gasteiger partial charge in [0.25, 0.3) is 0 Å². The highest BCUT2D eigenvalue weighted by Crippen LogP contribution is 2.26. The molecule has 0 saturated heterocycles. The van der Waals surface area contributed by atoms with Crippen LogP contribution < -0.4 is 16.6 Å². The number of rotatable bonds is 6. The van der Waals surface area contributed by atoms with Gasteiger partial charge in [0, 0.05) is 17.0 Å². The fraction of sp³-hybridized carbons (Fsp3) is 0.750. The zero-order valence-corrected chi connectivity index (χ0v) is 14.5. The Kier molecular flexibility index (Phi) is 5.96. The molecule has 1 rings (SSSR count). The Morgan fingerprint density at radius 1 is 1.05 bits per heavy atom. The standard InChI is InChI=1S/C16H31N5/c1-10(2)8-9-11(3)18-13-12(4)14(21-17)20-15(19-13)16(5,6)7/h10-11H,8-9,17H2,1-7H3,(H2,18,19,20,21). The Labute approximate surface area is 129 Å². The summed E-state index contributed by atoms with van der Waals surface area (Å²) in [6.45, 7) is 15.0. The van der Waals surface area contributed by atoms with Gasteiger partial charge in [0.05, 0.1) is 0 Å². The van der Waals surface area contributed by atoms with Gasteiger partial charge in [-0.3, -0.25) is 0 Å². The van der Waals surface area contributed by atoms with Gasteiger partial charge < -0.3 is 10.7 Å². The molecule has 21 heavy (non-hydrogen) atoms. The number of nitrogens with one attached hydrogen (secondary N) is 2. The van der Waals surface area contributed by atoms with E-state index in [4.69, 9.17) is 10.8 Å². The van der Waals surface area contributed by atoms with Gasteiger partial charge in [-0.1, -0.05) is 34.6 Å². The van der Waals surface area contributed by atoms with Gasteiger partial charge in [0.1, 0.15) is 17.5 Å². The number of aromatic nitrogens is 2. The number of hydrazine groups is 1. The van der Waals surface area contributed by atoms with Gasteiger partial charge in [0.15, 0.2) is 0 Å². The molecule has 1 unspecified atom stereocenters. The van der Waals surface area contributed by atoms with E-state index in [1.54, 1.807) is 0 Å². The molecule has 0 spiro atoms. The molecule has 1 aromatic rings. The molecule has 120 valence electrons. The summed E-state index contributed by atoms with van der Waals surface area (Å²) < 4.78 is 0. The first-order chi connectivity index (χ1) is 9.65. The number of anilines is 2. The highest BCUT2D eigenvalue weighted by Gasteiger charge is 2.21. The van der Waals surface area contributed by atoms with E-state index in [9.17, 15) is 0 Å². The first-order valence-corrected chi connectivity index (χ1v) is 7.77. The SMILES string of the molecule is Cc1c(NN)nc(C(C)(C)C)nc1NC(C)CCC(C)C. The molecule has 5 heteroatoms. The van der Waals surface area contributed by atoms with Gasteiger partial charge in [-0.25, -0.2) is 15.8 Å². The largest absolute Gasteiger partial charge is 0.367 e. The summed E-state index contributed by atoms with van der Waals surface area (Å²) in [6.07, 6.45) is 2.32. The van der Waals surface area contributed by atoms with E-state index in [-0.39, 0.29) is 5.41 Å². The molecule has 0 fully saturated rings. The summed E-state index contributed by atoms with van der Waals surface area (Å²) in [5.41, 5.74) is 3.53. The van der Waals surface area contributed by atoms with Crippen molar-refractivity contribution >= 4 is 11.6 Å². The van der Waals surface area contributed by atoms with E-state index < -0.39 is 0 Å². The summed E-state index contributed by atoms with van der Waals surface area (Å²) in [5.74, 6) is 8.66. The normalized spacial score (nSPS) is 13.4. The third-order valence-electron chi connectivity index (χ3n) is 3.51. The smallest absolute Gasteiger partial charge is 0.148 e. The Morgan fingerprint density at radius 3 is 2.10 bits per heavy atom. The quantitative estimate of drug-likeness (QED) is 0.552. The molecule has 0 bridgehead atoms. The van der Waals surface area contributed by atoms with Crippen LogP contribution in [0.3, 0.4) is 0 Å². The molecule has 1 aromatic heterocycles. The summed E-state index contributed by atoms with van der Waals surface area (Å²) in [7, 11) is 0. The maximum Gasteiger partial charge on any atom is 0.148 e. The molecule has 0 aliphatic rings. The first kappa shape index (κ1) is 17.7. The van der Waals surface area contributed by atoms with Crippen LogP contribution in [0.1, 0.15) is 65.8 Å². The van der Waals surface area contributed by atoms with Crippen molar-refractivity contribution in [3.8, 4) is 0 Å². The monoisotopic (exact) mass is 293 g/mol. The molecule has 0 aliphatic heterocycles. The molecular weight excluding hydrogens is 262 g/mol. The maximum atomic E-state index is 5.59. The van der Waals surface area contributed by atoms with E-state index in [1.165, 1.54) is 6.42 Å². The second kappa shape index (κ2) is 7.07. The third-order valence-corrected chi connectivity index (χ3v) is 3.51. The highest BCUT2D eigenvalue weighted by molar-refractivity contribution is 5.57. The van der Waals surface area contributed by atoms with Crippen molar-refractivity contribution in [2.24, 2.45) is 11.8 Å². The van der Waals surface area contributed by atoms with E-state index in [0.717, 1.165) is 23.6 Å². The number of nitrogens with zero attached hydrogens (tertiary/aromatic N) is 2. The van der Waals surface area contributed by atoms with Crippen molar-refractivity contribution in [3.05, 3.63) is 11.4 Å². The van der Waals surface area contributed by atoms with Crippen LogP contribution in [0, 0.1) is 12.8 Å². The lowest BCUT2D eigenvalue weighted by molar-refractivity contribution is 0.524. The topological polar surface area (TPSA) is 75.9 Å². The van der Waals surface area contributed by atoms with E-state index >= 15 is 0 Å². The first-order valence-electron chi connectivity index (χ1n) is 7.77. The van der Waals surface area contributed by atoms with Crippen LogP contribution in [-0.2, 0) is 5.41 Å². The van der Waals surface area contributed by atoms with Crippen molar-refractivity contribution in [1.82, 2.24) is 9.97 Å². The summed E-state index contributed by atoms with van der Waals surface area (Å²) in [5, 5.41) is 3.51. The molecule has 0 aromatic carbocycles. The van der Waals surface area contributed by atoms with Crippen LogP contribution in [0.4, 0.5) is 11.6 Å². The second-order valence-electron chi connectivity index (χ2n) is 7.28. The van der Waals surface area contributed by atoms with Crippen LogP contribution in [0.15, 0.2) is 0 Å². The Morgan fingerprint density at radius 2 is 1.62 bits per heavy atom. The fourth-order valence-corrected chi connectivity index (χ4v) is 2.02. The molecule has 5 nitrogen and oxygen atoms in total. The minimum absolute atomic E-state index is 0.114. The third kappa shape index (κ3) is 5.16. The van der Waals surface area contributed by atoms with Crippen LogP contribution in [0.5, 0.6) is 0 Å². The van der Waals surface area contributed by atoms with Crippen molar-refractivity contribution < 1.29 is 0 Å². The number of hydrogen-bond donors (Lipinski definition) is 3. The summed E-state index contributed by atoms with van der Waals surface area (Å²) in [4.78, 5) is 9.22. The summed E-state index contributed by atoms with van der Waals surface area (Å²) in [6, 6.07) is 0.374. The lowest BCUT2D eigenvalue weighted by Gasteiger charge is -2.23. The lowest BCUT2D eigenvalue weighted by atomic mass is 9.95. The zero-order valence-electron chi connectivity index (χ0n) is 14.5. The molecule has 4 N–H and O–H groups in total. The zero-order chi connectivity index (χ0) is 16.2. The minimum atomic E-state index is -0.114. The number of nitrogens with two attached hydrogens (primary N) is 1. The molecule has 0 amide bonds. The van der Waals surface area contributed by atoms with Gasteiger partial charge in [0.2, 0.25) is 0 Å². The number of hydrogen-bond acceptors (Lipinski definition) is 5. The van der Waals surface area contributed by atoms with Crippen molar-refractivity contribution in [2.45, 2.75) is 72.8 Å². The lowest BCUT2D eigenvalue weighted by Crippen LogP contribution is -2.24. The molecule has 0 saturated carbocycles. The Hall–Kier alpha value is -1.36. The van der Waals surface area contributed by atoms with Gasteiger partial charge >= 0.3 is 0 Å². The summed E-state index contributed by atoms with van der Waals surface area (Å²) >= 11 is 0. The van der Waals surface area contributed by atoms with Crippen molar-refractivity contribution in [3.63, 3.8) is 0 Å². The average molecular weight is 293 g/mol. The molecule has 0 aliphatic carbocycles. The van der Waals surface area contributed by atoms with Gasteiger partial charge in [-0.05, 0) is 32.6 Å². The van der Waals surface area contributed by atoms with Gasteiger partial charge in [-0.2, -0.15) is 0 Å². The highest BCUT2D eigenvalue weighted by atomic mass is 15.3. The Balaban J connectivity index is 3.00. The van der Waals surface area contributed by atoms with E-state index in [1.807, 2.05) is 6.92 Å². The van der Waals surface area contributed by atoms with Gasteiger partial charge in [-0.15, -0.1) is 0 Å². The fourth-order valence-electron chi connectivity index (χ4n) is 2.02. The van der Waals surface area contributed by atoms with Crippen molar-refractivity contribution in [2.75, 3.05) is 10.7 Å². The maximum absolute atomic E-state index is 5.59. The minimum Gasteiger partial charge on any atom is -0.367 e. The molecular formula is C16H31N5. The van der Waals surface area contributed by atoms with Crippen LogP contribution >= 0.6 is 0 Å². The Bertz CT molecular complexity index is 462. The van der Waals surface area contributed by atoms with Crippen molar-refractivity contribution in [1.29, 1.82) is 0 Å². The molecule has 0 radical (unpaired) electrons. The predicted molar refractivity (Wildman–Crippen MR) is 90.4 cm³/mol. The van der Waals surface area contributed by atoms with Crippen LogP contribution in [0.25, 0.3) is 0 Å². The van der Waals surface area contributed by atoms with Crippen LogP contribution in [-0.4, -0.2) is 16.0 Å². The van der Waals surface area contributed by atoms with Crippen LogP contribution in [0.2, 0.25) is 0 Å². The van der Waals surface area contributed by atoms with E-state index in [0.29, 0.717) is 17.8 Å². The van der Waals surface area contributed by atoms with E-state index in [2.05, 4.69) is 57.3 Å². The second-order valence-corrected chi connectivity index (χ2v) is 7.28. The molecule has 1 atom stereocenters.